The molecule has 2 aromatic heterocycles. The van der Waals surface area contributed by atoms with Crippen LogP contribution in [0, 0.1) is 5.92 Å². The van der Waals surface area contributed by atoms with Crippen molar-refractivity contribution < 1.29 is 14.3 Å². The quantitative estimate of drug-likeness (QED) is 0.777. The standard InChI is InChI=1S/C21H30N6O3/c1-14(2)23-21(29)26-8-5-16(12-26)19-25-24-18-4-3-17(13-27(18)19)20(28)22-11-15-6-9-30-10-7-15/h3-4,13-16H,5-12H2,1-2H3,(H,22,28)(H,23,29)/t16-/m1/s1. The molecule has 0 spiro atoms. The number of carbonyl (C=O) groups is 2. The number of ether oxygens (including phenoxy) is 1. The fourth-order valence-electron chi connectivity index (χ4n) is 4.10. The van der Waals surface area contributed by atoms with Crippen LogP contribution in [0.2, 0.25) is 0 Å². The predicted molar refractivity (Wildman–Crippen MR) is 111 cm³/mol. The SMILES string of the molecule is CC(C)NC(=O)N1CC[C@@H](c2nnc3ccc(C(=O)NCC4CCOCC4)cn23)C1. The zero-order valence-electron chi connectivity index (χ0n) is 17.6. The summed E-state index contributed by atoms with van der Waals surface area (Å²) < 4.78 is 7.26. The largest absolute Gasteiger partial charge is 0.381 e. The van der Waals surface area contributed by atoms with Gasteiger partial charge < -0.3 is 20.3 Å². The molecule has 1 atom stereocenters. The Balaban J connectivity index is 1.44. The average molecular weight is 415 g/mol. The summed E-state index contributed by atoms with van der Waals surface area (Å²) in [7, 11) is 0. The van der Waals surface area contributed by atoms with Crippen molar-refractivity contribution >= 4 is 17.6 Å². The number of hydrogen-bond donors (Lipinski definition) is 2. The summed E-state index contributed by atoms with van der Waals surface area (Å²) in [5.41, 5.74) is 1.29. The van der Waals surface area contributed by atoms with E-state index in [4.69, 9.17) is 4.74 Å². The van der Waals surface area contributed by atoms with E-state index >= 15 is 0 Å². The topological polar surface area (TPSA) is 101 Å². The fraction of sp³-hybridized carbons (Fsp3) is 0.619. The molecule has 2 fully saturated rings. The molecule has 2 saturated heterocycles. The van der Waals surface area contributed by atoms with Gasteiger partial charge in [-0.25, -0.2) is 4.79 Å². The normalized spacial score (nSPS) is 20.1. The Morgan fingerprint density at radius 1 is 1.20 bits per heavy atom. The third kappa shape index (κ3) is 4.56. The van der Waals surface area contributed by atoms with E-state index in [-0.39, 0.29) is 23.9 Å². The van der Waals surface area contributed by atoms with E-state index in [0.717, 1.165) is 38.3 Å². The number of amides is 3. The molecule has 0 aromatic carbocycles. The maximum absolute atomic E-state index is 12.7. The molecule has 0 bridgehead atoms. The number of hydrogen-bond acceptors (Lipinski definition) is 5. The molecule has 2 aromatic rings. The van der Waals surface area contributed by atoms with Crippen molar-refractivity contribution in [3.63, 3.8) is 0 Å². The molecule has 4 rings (SSSR count). The Morgan fingerprint density at radius 2 is 2.00 bits per heavy atom. The van der Waals surface area contributed by atoms with E-state index in [1.165, 1.54) is 0 Å². The fourth-order valence-corrected chi connectivity index (χ4v) is 4.10. The lowest BCUT2D eigenvalue weighted by Crippen LogP contribution is -2.41. The molecule has 4 heterocycles. The molecule has 30 heavy (non-hydrogen) atoms. The van der Waals surface area contributed by atoms with Crippen molar-refractivity contribution in [1.29, 1.82) is 0 Å². The number of rotatable bonds is 5. The zero-order valence-corrected chi connectivity index (χ0v) is 17.6. The zero-order chi connectivity index (χ0) is 21.1. The van der Waals surface area contributed by atoms with Crippen LogP contribution in [0.15, 0.2) is 18.3 Å². The van der Waals surface area contributed by atoms with Gasteiger partial charge in [-0.3, -0.25) is 9.20 Å². The summed E-state index contributed by atoms with van der Waals surface area (Å²) in [6.07, 6.45) is 4.60. The van der Waals surface area contributed by atoms with Crippen molar-refractivity contribution in [1.82, 2.24) is 30.1 Å². The van der Waals surface area contributed by atoms with Crippen LogP contribution < -0.4 is 10.6 Å². The number of urea groups is 1. The van der Waals surface area contributed by atoms with E-state index in [0.29, 0.717) is 36.8 Å². The van der Waals surface area contributed by atoms with Gasteiger partial charge in [-0.2, -0.15) is 0 Å². The molecule has 9 nitrogen and oxygen atoms in total. The third-order valence-corrected chi connectivity index (χ3v) is 5.84. The van der Waals surface area contributed by atoms with Crippen LogP contribution in [0.5, 0.6) is 0 Å². The highest BCUT2D eigenvalue weighted by molar-refractivity contribution is 5.94. The minimum absolute atomic E-state index is 0.0468. The van der Waals surface area contributed by atoms with Crippen molar-refractivity contribution in [2.24, 2.45) is 5.92 Å². The number of pyridine rings is 1. The Morgan fingerprint density at radius 3 is 2.77 bits per heavy atom. The highest BCUT2D eigenvalue weighted by atomic mass is 16.5. The average Bonchev–Trinajstić information content (AvgIpc) is 3.38. The lowest BCUT2D eigenvalue weighted by molar-refractivity contribution is 0.0642. The highest BCUT2D eigenvalue weighted by Crippen LogP contribution is 2.26. The number of fused-ring (bicyclic) bond motifs is 1. The molecule has 0 radical (unpaired) electrons. The van der Waals surface area contributed by atoms with E-state index in [9.17, 15) is 9.59 Å². The monoisotopic (exact) mass is 414 g/mol. The summed E-state index contributed by atoms with van der Waals surface area (Å²) in [5.74, 6) is 1.27. The van der Waals surface area contributed by atoms with Gasteiger partial charge in [0.2, 0.25) is 0 Å². The first-order valence-corrected chi connectivity index (χ1v) is 10.8. The smallest absolute Gasteiger partial charge is 0.317 e. The van der Waals surface area contributed by atoms with Crippen LogP contribution in [-0.4, -0.2) is 70.3 Å². The van der Waals surface area contributed by atoms with Crippen molar-refractivity contribution in [3.8, 4) is 0 Å². The van der Waals surface area contributed by atoms with E-state index < -0.39 is 0 Å². The second-order valence-corrected chi connectivity index (χ2v) is 8.51. The maximum atomic E-state index is 12.7. The Hall–Kier alpha value is -2.68. The summed E-state index contributed by atoms with van der Waals surface area (Å²) >= 11 is 0. The van der Waals surface area contributed by atoms with E-state index in [1.807, 2.05) is 29.2 Å². The summed E-state index contributed by atoms with van der Waals surface area (Å²) in [5, 5.41) is 14.6. The van der Waals surface area contributed by atoms with Gasteiger partial charge in [0.15, 0.2) is 5.65 Å². The Kier molecular flexibility index (Phi) is 6.17. The molecule has 0 aliphatic carbocycles. The minimum Gasteiger partial charge on any atom is -0.381 e. The van der Waals surface area contributed by atoms with Crippen molar-refractivity contribution in [2.75, 3.05) is 32.8 Å². The predicted octanol–water partition coefficient (Wildman–Crippen LogP) is 1.79. The lowest BCUT2D eigenvalue weighted by atomic mass is 10.0. The number of nitrogens with zero attached hydrogens (tertiary/aromatic N) is 4. The maximum Gasteiger partial charge on any atom is 0.317 e. The van der Waals surface area contributed by atoms with Crippen molar-refractivity contribution in [2.45, 2.75) is 45.1 Å². The van der Waals surface area contributed by atoms with Gasteiger partial charge in [-0.15, -0.1) is 10.2 Å². The number of nitrogens with one attached hydrogen (secondary N) is 2. The Labute approximate surface area is 176 Å². The summed E-state index contributed by atoms with van der Waals surface area (Å²) in [4.78, 5) is 26.8. The van der Waals surface area contributed by atoms with Crippen LogP contribution in [-0.2, 0) is 4.74 Å². The first-order valence-electron chi connectivity index (χ1n) is 10.8. The summed E-state index contributed by atoms with van der Waals surface area (Å²) in [6.45, 7) is 7.38. The minimum atomic E-state index is -0.0904. The molecular weight excluding hydrogens is 384 g/mol. The van der Waals surface area contributed by atoms with Gasteiger partial charge in [0.1, 0.15) is 5.82 Å². The van der Waals surface area contributed by atoms with Gasteiger partial charge in [-0.05, 0) is 51.2 Å². The molecular formula is C21H30N6O3. The van der Waals surface area contributed by atoms with Gasteiger partial charge >= 0.3 is 6.03 Å². The van der Waals surface area contributed by atoms with Gasteiger partial charge in [-0.1, -0.05) is 0 Å². The lowest BCUT2D eigenvalue weighted by Gasteiger charge is -2.22. The highest BCUT2D eigenvalue weighted by Gasteiger charge is 2.30. The van der Waals surface area contributed by atoms with E-state index in [2.05, 4.69) is 20.8 Å². The summed E-state index contributed by atoms with van der Waals surface area (Å²) in [6, 6.07) is 3.66. The molecule has 162 valence electrons. The van der Waals surface area contributed by atoms with E-state index in [1.54, 1.807) is 12.3 Å². The first kappa shape index (κ1) is 20.6. The van der Waals surface area contributed by atoms with Crippen LogP contribution in [0.25, 0.3) is 5.65 Å². The van der Waals surface area contributed by atoms with Crippen LogP contribution in [0.4, 0.5) is 4.79 Å². The Bertz CT molecular complexity index is 905. The molecule has 2 aliphatic heterocycles. The first-order chi connectivity index (χ1) is 14.5. The molecule has 2 aliphatic rings. The van der Waals surface area contributed by atoms with Crippen LogP contribution in [0.1, 0.15) is 55.2 Å². The molecule has 0 unspecified atom stereocenters. The third-order valence-electron chi connectivity index (χ3n) is 5.84. The second kappa shape index (κ2) is 8.99. The molecule has 0 saturated carbocycles. The van der Waals surface area contributed by atoms with Crippen LogP contribution >= 0.6 is 0 Å². The van der Waals surface area contributed by atoms with Crippen LogP contribution in [0.3, 0.4) is 0 Å². The number of likely N-dealkylation sites (tertiary alicyclic amines) is 1. The second-order valence-electron chi connectivity index (χ2n) is 8.51. The molecule has 9 heteroatoms. The van der Waals surface area contributed by atoms with Gasteiger partial charge in [0.05, 0.1) is 5.56 Å². The van der Waals surface area contributed by atoms with Gasteiger partial charge in [0, 0.05) is 51.0 Å². The molecule has 2 N–H and O–H groups in total. The molecule has 3 amide bonds. The van der Waals surface area contributed by atoms with Crippen molar-refractivity contribution in [3.05, 3.63) is 29.7 Å². The number of aromatic nitrogens is 3. The number of carbonyl (C=O) groups excluding carboxylic acids is 2. The van der Waals surface area contributed by atoms with Gasteiger partial charge in [0.25, 0.3) is 5.91 Å².